The van der Waals surface area contributed by atoms with Crippen LogP contribution >= 0.6 is 23.4 Å². The highest BCUT2D eigenvalue weighted by molar-refractivity contribution is 8.00. The summed E-state index contributed by atoms with van der Waals surface area (Å²) in [6.45, 7) is 4.07. The molecule has 0 aliphatic rings. The number of halogens is 1. The van der Waals surface area contributed by atoms with Crippen LogP contribution in [-0.4, -0.2) is 20.8 Å². The number of nitrogens with one attached hydrogen (secondary N) is 1. The van der Waals surface area contributed by atoms with Crippen molar-refractivity contribution < 1.29 is 9.53 Å². The summed E-state index contributed by atoms with van der Waals surface area (Å²) in [5, 5.41) is 11.8. The van der Waals surface area contributed by atoms with Crippen molar-refractivity contribution in [3.05, 3.63) is 100 Å². The molecule has 1 amide bonds. The maximum atomic E-state index is 13.4. The van der Waals surface area contributed by atoms with Crippen LogP contribution in [0.3, 0.4) is 0 Å². The van der Waals surface area contributed by atoms with Crippen molar-refractivity contribution in [3.8, 4) is 5.75 Å². The van der Waals surface area contributed by atoms with Crippen molar-refractivity contribution in [2.24, 2.45) is 0 Å². The number of carbonyl (C=O) groups excluding carboxylic acids is 1. The first kappa shape index (κ1) is 23.7. The van der Waals surface area contributed by atoms with Gasteiger partial charge in [-0.15, -0.1) is 10.2 Å². The fourth-order valence-corrected chi connectivity index (χ4v) is 4.34. The Kier molecular flexibility index (Phi) is 7.40. The van der Waals surface area contributed by atoms with Crippen LogP contribution in [0.2, 0.25) is 5.02 Å². The van der Waals surface area contributed by atoms with E-state index in [1.54, 1.807) is 24.3 Å². The van der Waals surface area contributed by atoms with Crippen molar-refractivity contribution in [1.82, 2.24) is 14.9 Å². The van der Waals surface area contributed by atoms with Crippen molar-refractivity contribution in [3.63, 3.8) is 0 Å². The van der Waals surface area contributed by atoms with Crippen LogP contribution in [0.5, 0.6) is 5.75 Å². The number of ether oxygens (including phenoxy) is 1. The van der Waals surface area contributed by atoms with E-state index in [9.17, 15) is 4.79 Å². The molecule has 4 rings (SSSR count). The van der Waals surface area contributed by atoms with Crippen LogP contribution in [0.4, 0.5) is 5.69 Å². The molecule has 4 aromatic rings. The maximum absolute atomic E-state index is 13.4. The normalized spacial score (nSPS) is 11.7. The van der Waals surface area contributed by atoms with Gasteiger partial charge in [-0.25, -0.2) is 4.68 Å². The molecule has 1 atom stereocenters. The minimum absolute atomic E-state index is 0.121. The molecule has 0 spiro atoms. The monoisotopic (exact) mass is 493 g/mol. The first-order valence-electron chi connectivity index (χ1n) is 10.6. The van der Waals surface area contributed by atoms with Gasteiger partial charge in [0.25, 0.3) is 0 Å². The number of hydrogen-bond acceptors (Lipinski definition) is 6. The van der Waals surface area contributed by atoms with E-state index in [0.29, 0.717) is 21.8 Å². The molecule has 3 N–H and O–H groups in total. The molecule has 0 radical (unpaired) electrons. The van der Waals surface area contributed by atoms with Gasteiger partial charge in [-0.2, -0.15) is 0 Å². The number of nitrogens with two attached hydrogens (primary N) is 1. The van der Waals surface area contributed by atoms with Gasteiger partial charge < -0.3 is 15.9 Å². The average Bonchev–Trinajstić information content (AvgIpc) is 3.19. The largest absolute Gasteiger partial charge is 0.486 e. The minimum Gasteiger partial charge on any atom is -0.486 e. The number of benzene rings is 3. The van der Waals surface area contributed by atoms with Crippen LogP contribution in [0, 0.1) is 13.8 Å². The number of hydrogen-bond donors (Lipinski definition) is 2. The summed E-state index contributed by atoms with van der Waals surface area (Å²) in [5.41, 5.74) is 3.66. The summed E-state index contributed by atoms with van der Waals surface area (Å²) in [6.07, 6.45) is 0. The number of anilines is 1. The zero-order valence-corrected chi connectivity index (χ0v) is 20.3. The lowest BCUT2D eigenvalue weighted by molar-refractivity contribution is -0.115. The van der Waals surface area contributed by atoms with Gasteiger partial charge in [0, 0.05) is 10.7 Å². The van der Waals surface area contributed by atoms with Crippen molar-refractivity contribution >= 4 is 35.0 Å². The van der Waals surface area contributed by atoms with Gasteiger partial charge in [-0.3, -0.25) is 4.79 Å². The van der Waals surface area contributed by atoms with E-state index >= 15 is 0 Å². The van der Waals surface area contributed by atoms with Gasteiger partial charge in [0.2, 0.25) is 11.1 Å². The molecule has 0 saturated heterocycles. The topological polar surface area (TPSA) is 95.1 Å². The molecule has 0 fully saturated rings. The van der Waals surface area contributed by atoms with Crippen molar-refractivity contribution in [1.29, 1.82) is 0 Å². The molecular weight excluding hydrogens is 470 g/mol. The van der Waals surface area contributed by atoms with Crippen LogP contribution < -0.4 is 15.9 Å². The first-order chi connectivity index (χ1) is 16.4. The second-order valence-corrected chi connectivity index (χ2v) is 9.24. The smallest absolute Gasteiger partial charge is 0.242 e. The third-order valence-electron chi connectivity index (χ3n) is 5.13. The molecule has 7 nitrogen and oxygen atoms in total. The summed E-state index contributed by atoms with van der Waals surface area (Å²) < 4.78 is 7.08. The second-order valence-electron chi connectivity index (χ2n) is 7.73. The third kappa shape index (κ3) is 5.70. The number of thioether (sulfide) groups is 1. The third-order valence-corrected chi connectivity index (χ3v) is 6.59. The number of nitrogen functional groups attached to an aromatic ring is 1. The van der Waals surface area contributed by atoms with E-state index in [2.05, 4.69) is 15.5 Å². The molecule has 0 bridgehead atoms. The summed E-state index contributed by atoms with van der Waals surface area (Å²) in [7, 11) is 0. The number of rotatable bonds is 8. The van der Waals surface area contributed by atoms with E-state index in [0.717, 1.165) is 22.4 Å². The van der Waals surface area contributed by atoms with Gasteiger partial charge in [-0.1, -0.05) is 65.8 Å². The Morgan fingerprint density at radius 2 is 1.82 bits per heavy atom. The molecular formula is C25H24ClN5O2S. The van der Waals surface area contributed by atoms with Crippen LogP contribution in [-0.2, 0) is 11.4 Å². The zero-order valence-electron chi connectivity index (χ0n) is 18.7. The molecule has 0 aliphatic heterocycles. The van der Waals surface area contributed by atoms with Gasteiger partial charge in [0.05, 0.1) is 0 Å². The van der Waals surface area contributed by atoms with E-state index in [1.807, 2.05) is 62.4 Å². The molecule has 9 heteroatoms. The lowest BCUT2D eigenvalue weighted by atomic mass is 10.1. The predicted octanol–water partition coefficient (Wildman–Crippen LogP) is 5.31. The fraction of sp³-hybridized carbons (Fsp3) is 0.160. The highest BCUT2D eigenvalue weighted by Crippen LogP contribution is 2.35. The Labute approximate surface area is 207 Å². The summed E-state index contributed by atoms with van der Waals surface area (Å²) >= 11 is 7.14. The maximum Gasteiger partial charge on any atom is 0.242 e. The van der Waals surface area contributed by atoms with Crippen LogP contribution in [0.25, 0.3) is 0 Å². The molecule has 1 unspecified atom stereocenters. The Balaban J connectivity index is 1.53. The molecule has 0 saturated carbocycles. The second kappa shape index (κ2) is 10.6. The highest BCUT2D eigenvalue weighted by Gasteiger charge is 2.26. The van der Waals surface area contributed by atoms with Gasteiger partial charge in [-0.05, 0) is 60.9 Å². The van der Waals surface area contributed by atoms with E-state index in [4.69, 9.17) is 22.2 Å². The number of nitrogens with zero attached hydrogens (tertiary/aromatic N) is 3. The van der Waals surface area contributed by atoms with Gasteiger partial charge >= 0.3 is 0 Å². The Morgan fingerprint density at radius 3 is 2.56 bits per heavy atom. The summed E-state index contributed by atoms with van der Waals surface area (Å²) in [5.74, 6) is 7.14. The molecule has 174 valence electrons. The Morgan fingerprint density at radius 1 is 1.09 bits per heavy atom. The highest BCUT2D eigenvalue weighted by atomic mass is 35.5. The van der Waals surface area contributed by atoms with Crippen molar-refractivity contribution in [2.75, 3.05) is 11.2 Å². The Bertz CT molecular complexity index is 1280. The summed E-state index contributed by atoms with van der Waals surface area (Å²) in [4.78, 5) is 13.4. The average molecular weight is 494 g/mol. The standard InChI is InChI=1S/C25H24ClN5O2S/c1-16-8-9-17(2)21(14-16)28-24(32)23(18-6-4-3-5-7-18)34-25-30-29-22(31(25)27)15-33-20-12-10-19(26)11-13-20/h3-14,23H,15,27H2,1-2H3,(H,28,32). The predicted molar refractivity (Wildman–Crippen MR) is 136 cm³/mol. The lowest BCUT2D eigenvalue weighted by Gasteiger charge is -2.17. The molecule has 3 aromatic carbocycles. The van der Waals surface area contributed by atoms with Gasteiger partial charge in [0.15, 0.2) is 5.82 Å². The van der Waals surface area contributed by atoms with E-state index in [1.165, 1.54) is 16.4 Å². The summed E-state index contributed by atoms with van der Waals surface area (Å²) in [6, 6.07) is 22.5. The molecule has 1 aromatic heterocycles. The van der Waals surface area contributed by atoms with E-state index < -0.39 is 5.25 Å². The SMILES string of the molecule is Cc1ccc(C)c(NC(=O)C(Sc2nnc(COc3ccc(Cl)cc3)n2N)c2ccccc2)c1. The molecule has 34 heavy (non-hydrogen) atoms. The van der Waals surface area contributed by atoms with Crippen LogP contribution in [0.15, 0.2) is 78.0 Å². The molecule has 0 aliphatic carbocycles. The van der Waals surface area contributed by atoms with Crippen LogP contribution in [0.1, 0.15) is 27.8 Å². The fourth-order valence-electron chi connectivity index (χ4n) is 3.24. The molecule has 1 heterocycles. The Hall–Kier alpha value is -3.49. The first-order valence-corrected chi connectivity index (χ1v) is 11.8. The van der Waals surface area contributed by atoms with Crippen molar-refractivity contribution in [2.45, 2.75) is 30.9 Å². The quantitative estimate of drug-likeness (QED) is 0.255. The number of aromatic nitrogens is 3. The van der Waals surface area contributed by atoms with Gasteiger partial charge in [0.1, 0.15) is 17.6 Å². The van der Waals surface area contributed by atoms with E-state index in [-0.39, 0.29) is 12.5 Å². The minimum atomic E-state index is -0.586. The number of amides is 1. The lowest BCUT2D eigenvalue weighted by Crippen LogP contribution is -2.21. The zero-order chi connectivity index (χ0) is 24.1. The number of aryl methyl sites for hydroxylation is 2. The number of carbonyl (C=O) groups is 1.